The van der Waals surface area contributed by atoms with E-state index in [0.717, 1.165) is 24.3 Å². The smallest absolute Gasteiger partial charge is 0.416 e. The second-order valence-electron chi connectivity index (χ2n) is 5.83. The van der Waals surface area contributed by atoms with Crippen LogP contribution >= 0.6 is 11.6 Å². The number of ketones is 1. The first-order valence-electron chi connectivity index (χ1n) is 8.17. The molecule has 1 amide bonds. The van der Waals surface area contributed by atoms with Crippen molar-refractivity contribution in [2.75, 3.05) is 11.9 Å². The molecule has 2 rings (SSSR count). The third kappa shape index (κ3) is 6.86. The molecule has 0 bridgehead atoms. The van der Waals surface area contributed by atoms with Crippen LogP contribution < -0.4 is 5.32 Å². The van der Waals surface area contributed by atoms with Crippen LogP contribution in [0.25, 0.3) is 0 Å². The van der Waals surface area contributed by atoms with Gasteiger partial charge in [0.25, 0.3) is 5.91 Å². The molecule has 10 heteroatoms. The normalized spacial score (nSPS) is 11.1. The Kier molecular flexibility index (Phi) is 7.33. The van der Waals surface area contributed by atoms with Crippen LogP contribution in [0.5, 0.6) is 0 Å². The summed E-state index contributed by atoms with van der Waals surface area (Å²) in [4.78, 5) is 35.3. The largest absolute Gasteiger partial charge is 0.456 e. The summed E-state index contributed by atoms with van der Waals surface area (Å²) < 4.78 is 55.6. The molecule has 0 aromatic heterocycles. The first-order valence-corrected chi connectivity index (χ1v) is 8.55. The molecule has 0 radical (unpaired) electrons. The average Bonchev–Trinajstić information content (AvgIpc) is 2.66. The second-order valence-corrected chi connectivity index (χ2v) is 6.24. The molecule has 0 atom stereocenters. The fourth-order valence-corrected chi connectivity index (χ4v) is 2.36. The lowest BCUT2D eigenvalue weighted by atomic mass is 10.1. The lowest BCUT2D eigenvalue weighted by molar-refractivity contribution is -0.147. The fourth-order valence-electron chi connectivity index (χ4n) is 2.20. The molecule has 0 unspecified atom stereocenters. The molecule has 0 fully saturated rings. The zero-order chi connectivity index (χ0) is 21.6. The number of hydrogen-bond acceptors (Lipinski definition) is 4. The third-order valence-corrected chi connectivity index (χ3v) is 3.98. The minimum atomic E-state index is -4.62. The van der Waals surface area contributed by atoms with Crippen molar-refractivity contribution in [1.82, 2.24) is 0 Å². The first-order chi connectivity index (χ1) is 13.6. The monoisotopic (exact) mass is 431 g/mol. The molecule has 0 saturated heterocycles. The Balaban J connectivity index is 1.82. The van der Waals surface area contributed by atoms with Gasteiger partial charge in [-0.05, 0) is 42.5 Å². The number of halogens is 5. The van der Waals surface area contributed by atoms with Crippen LogP contribution in [-0.2, 0) is 20.5 Å². The number of ether oxygens (including phenoxy) is 1. The number of Topliss-reactive ketones (excluding diaryl/α,β-unsaturated/α-hetero) is 1. The van der Waals surface area contributed by atoms with Gasteiger partial charge in [0.1, 0.15) is 5.82 Å². The summed E-state index contributed by atoms with van der Waals surface area (Å²) in [5.41, 5.74) is -1.07. The first kappa shape index (κ1) is 22.4. The van der Waals surface area contributed by atoms with E-state index in [0.29, 0.717) is 6.07 Å². The molecule has 2 aromatic carbocycles. The van der Waals surface area contributed by atoms with E-state index >= 15 is 0 Å². The van der Waals surface area contributed by atoms with Gasteiger partial charge in [0.2, 0.25) is 0 Å². The zero-order valence-corrected chi connectivity index (χ0v) is 15.4. The predicted molar refractivity (Wildman–Crippen MR) is 96.0 cm³/mol. The summed E-state index contributed by atoms with van der Waals surface area (Å²) >= 11 is 5.75. The van der Waals surface area contributed by atoms with E-state index in [1.165, 1.54) is 12.1 Å². The highest BCUT2D eigenvalue weighted by Gasteiger charge is 2.31. The highest BCUT2D eigenvalue weighted by atomic mass is 35.5. The van der Waals surface area contributed by atoms with Gasteiger partial charge >= 0.3 is 12.1 Å². The van der Waals surface area contributed by atoms with Gasteiger partial charge in [-0.2, -0.15) is 13.2 Å². The standard InChI is InChI=1S/C19H14ClF4NO4/c20-14-6-3-12(19(22,23)24)9-15(14)25-17(27)10-29-18(28)8-7-16(26)11-1-4-13(21)5-2-11/h1-6,9H,7-8,10H2,(H,25,27). The van der Waals surface area contributed by atoms with Crippen LogP contribution in [0.2, 0.25) is 5.02 Å². The summed E-state index contributed by atoms with van der Waals surface area (Å²) in [6, 6.07) is 7.15. The van der Waals surface area contributed by atoms with Gasteiger partial charge < -0.3 is 10.1 Å². The van der Waals surface area contributed by atoms with Crippen molar-refractivity contribution in [3.8, 4) is 0 Å². The molecule has 1 N–H and O–H groups in total. The van der Waals surface area contributed by atoms with Gasteiger partial charge in [-0.15, -0.1) is 0 Å². The van der Waals surface area contributed by atoms with Crippen LogP contribution in [0, 0.1) is 5.82 Å². The minimum absolute atomic E-state index is 0.123. The fraction of sp³-hybridized carbons (Fsp3) is 0.211. The Morgan fingerprint density at radius 2 is 1.66 bits per heavy atom. The van der Waals surface area contributed by atoms with E-state index in [-0.39, 0.29) is 29.1 Å². The van der Waals surface area contributed by atoms with Crippen molar-refractivity contribution >= 4 is 34.9 Å². The SMILES string of the molecule is O=C(COC(=O)CCC(=O)c1ccc(F)cc1)Nc1cc(C(F)(F)F)ccc1Cl. The molecule has 0 aliphatic carbocycles. The van der Waals surface area contributed by atoms with E-state index in [9.17, 15) is 31.9 Å². The van der Waals surface area contributed by atoms with Crippen LogP contribution in [0.15, 0.2) is 42.5 Å². The van der Waals surface area contributed by atoms with Crippen molar-refractivity contribution in [3.05, 3.63) is 64.4 Å². The number of amides is 1. The van der Waals surface area contributed by atoms with E-state index in [1.807, 2.05) is 0 Å². The van der Waals surface area contributed by atoms with E-state index in [4.69, 9.17) is 16.3 Å². The molecule has 0 aliphatic heterocycles. The summed E-state index contributed by atoms with van der Waals surface area (Å²) in [5, 5.41) is 2.00. The van der Waals surface area contributed by atoms with Gasteiger partial charge in [0.15, 0.2) is 12.4 Å². The number of carbonyl (C=O) groups is 3. The van der Waals surface area contributed by atoms with Crippen molar-refractivity contribution < 1.29 is 36.7 Å². The lowest BCUT2D eigenvalue weighted by Crippen LogP contribution is -2.21. The quantitative estimate of drug-likeness (QED) is 0.394. The van der Waals surface area contributed by atoms with Gasteiger partial charge in [0, 0.05) is 12.0 Å². The van der Waals surface area contributed by atoms with Crippen molar-refractivity contribution in [1.29, 1.82) is 0 Å². The Morgan fingerprint density at radius 3 is 2.28 bits per heavy atom. The number of anilines is 1. The highest BCUT2D eigenvalue weighted by molar-refractivity contribution is 6.33. The Hall–Kier alpha value is -2.94. The molecule has 0 spiro atoms. The van der Waals surface area contributed by atoms with Gasteiger partial charge in [-0.25, -0.2) is 4.39 Å². The van der Waals surface area contributed by atoms with Crippen LogP contribution in [-0.4, -0.2) is 24.3 Å². The van der Waals surface area contributed by atoms with Gasteiger partial charge in [-0.1, -0.05) is 11.6 Å². The van der Waals surface area contributed by atoms with Crippen LogP contribution in [0.4, 0.5) is 23.2 Å². The molecular formula is C19H14ClF4NO4. The molecular weight excluding hydrogens is 418 g/mol. The number of hydrogen-bond donors (Lipinski definition) is 1. The summed E-state index contributed by atoms with van der Waals surface area (Å²) in [7, 11) is 0. The molecule has 0 saturated carbocycles. The van der Waals surface area contributed by atoms with Crippen molar-refractivity contribution in [3.63, 3.8) is 0 Å². The van der Waals surface area contributed by atoms with E-state index in [2.05, 4.69) is 5.32 Å². The molecule has 5 nitrogen and oxygen atoms in total. The highest BCUT2D eigenvalue weighted by Crippen LogP contribution is 2.33. The average molecular weight is 432 g/mol. The van der Waals surface area contributed by atoms with Gasteiger partial charge in [-0.3, -0.25) is 14.4 Å². The van der Waals surface area contributed by atoms with Crippen molar-refractivity contribution in [2.24, 2.45) is 0 Å². The number of carbonyl (C=O) groups excluding carboxylic acids is 3. The maximum Gasteiger partial charge on any atom is 0.416 e. The number of esters is 1. The maximum atomic E-state index is 12.8. The topological polar surface area (TPSA) is 72.5 Å². The minimum Gasteiger partial charge on any atom is -0.456 e. The zero-order valence-electron chi connectivity index (χ0n) is 14.7. The number of benzene rings is 2. The Morgan fingerprint density at radius 1 is 1.00 bits per heavy atom. The van der Waals surface area contributed by atoms with Crippen LogP contribution in [0.3, 0.4) is 0 Å². The lowest BCUT2D eigenvalue weighted by Gasteiger charge is -2.11. The van der Waals surface area contributed by atoms with Crippen molar-refractivity contribution in [2.45, 2.75) is 19.0 Å². The summed E-state index contributed by atoms with van der Waals surface area (Å²) in [5.74, 6) is -2.68. The number of rotatable bonds is 7. The Labute approximate surface area is 167 Å². The number of alkyl halides is 3. The molecule has 0 aliphatic rings. The van der Waals surface area contributed by atoms with E-state index in [1.54, 1.807) is 0 Å². The third-order valence-electron chi connectivity index (χ3n) is 3.65. The van der Waals surface area contributed by atoms with Gasteiger partial charge in [0.05, 0.1) is 22.7 Å². The summed E-state index contributed by atoms with van der Waals surface area (Å²) in [6.45, 7) is -0.768. The van der Waals surface area contributed by atoms with Crippen LogP contribution in [0.1, 0.15) is 28.8 Å². The predicted octanol–water partition coefficient (Wildman–Crippen LogP) is 4.64. The molecule has 154 valence electrons. The Bertz CT molecular complexity index is 913. The maximum absolute atomic E-state index is 12.8. The second kappa shape index (κ2) is 9.51. The number of nitrogens with one attached hydrogen (secondary N) is 1. The molecule has 0 heterocycles. The molecule has 2 aromatic rings. The molecule has 29 heavy (non-hydrogen) atoms. The summed E-state index contributed by atoms with van der Waals surface area (Å²) in [6.07, 6.45) is -5.16. The van der Waals surface area contributed by atoms with E-state index < -0.39 is 41.8 Å².